The third-order valence-corrected chi connectivity index (χ3v) is 1.55. The second-order valence-electron chi connectivity index (χ2n) is 2.44. The summed E-state index contributed by atoms with van der Waals surface area (Å²) in [5.74, 6) is 0. The van der Waals surface area contributed by atoms with E-state index in [2.05, 4.69) is 5.18 Å². The van der Waals surface area contributed by atoms with Crippen LogP contribution in [0.5, 0.6) is 0 Å². The highest BCUT2D eigenvalue weighted by atomic mass is 16.5. The van der Waals surface area contributed by atoms with Gasteiger partial charge in [0.15, 0.2) is 0 Å². The maximum absolute atomic E-state index is 9.76. The quantitative estimate of drug-likeness (QED) is 0.538. The number of hydrogen-bond acceptors (Lipinski definition) is 4. The third kappa shape index (κ3) is 1.09. The van der Waals surface area contributed by atoms with Gasteiger partial charge < -0.3 is 9.84 Å². The molecule has 0 radical (unpaired) electrons. The van der Waals surface area contributed by atoms with Crippen LogP contribution >= 0.6 is 0 Å². The lowest BCUT2D eigenvalue weighted by Crippen LogP contribution is -2.47. The normalized spacial score (nSPS) is 22.8. The maximum Gasteiger partial charge on any atom is 0.0933 e. The van der Waals surface area contributed by atoms with Gasteiger partial charge in [-0.1, -0.05) is 5.18 Å². The Morgan fingerprint density at radius 3 is 2.44 bits per heavy atom. The molecular weight excluding hydrogens is 122 g/mol. The zero-order chi connectivity index (χ0) is 6.74. The summed E-state index contributed by atoms with van der Waals surface area (Å²) < 4.78 is 4.82. The fraction of sp³-hybridized carbons (Fsp3) is 1.00. The first-order valence-corrected chi connectivity index (χ1v) is 2.81. The number of nitrogens with zero attached hydrogens (tertiary/aromatic N) is 1. The minimum absolute atomic E-state index is 0.00125. The first-order valence-electron chi connectivity index (χ1n) is 2.81. The van der Waals surface area contributed by atoms with E-state index in [0.717, 1.165) is 0 Å². The summed E-state index contributed by atoms with van der Waals surface area (Å²) in [4.78, 5) is 9.76. The number of ether oxygens (including phenoxy) is 1. The van der Waals surface area contributed by atoms with E-state index in [0.29, 0.717) is 13.2 Å². The highest BCUT2D eigenvalue weighted by Crippen LogP contribution is 2.26. The summed E-state index contributed by atoms with van der Waals surface area (Å²) in [5.41, 5.74) is -0.332. The Labute approximate surface area is 52.8 Å². The highest BCUT2D eigenvalue weighted by molar-refractivity contribution is 4.86. The van der Waals surface area contributed by atoms with Gasteiger partial charge in [-0.2, -0.15) is 4.91 Å². The maximum atomic E-state index is 9.76. The second-order valence-corrected chi connectivity index (χ2v) is 2.44. The molecule has 0 amide bonds. The summed E-state index contributed by atoms with van der Waals surface area (Å²) in [6, 6.07) is 0. The van der Waals surface area contributed by atoms with E-state index in [9.17, 15) is 4.91 Å². The Morgan fingerprint density at radius 1 is 1.67 bits per heavy atom. The van der Waals surface area contributed by atoms with Gasteiger partial charge in [0.25, 0.3) is 0 Å². The summed E-state index contributed by atoms with van der Waals surface area (Å²) in [6.07, 6.45) is 0. The molecule has 1 aliphatic rings. The first-order chi connectivity index (χ1) is 4.33. The van der Waals surface area contributed by atoms with Gasteiger partial charge >= 0.3 is 0 Å². The lowest BCUT2D eigenvalue weighted by atomic mass is 9.87. The van der Waals surface area contributed by atoms with Crippen molar-refractivity contribution in [3.63, 3.8) is 0 Å². The van der Waals surface area contributed by atoms with E-state index < -0.39 is 0 Å². The standard InChI is InChI=1S/C5H9NO3/c7-2-5(1-6-8)3-9-4-5/h7H,1-4H2. The molecule has 1 rings (SSSR count). The molecular formula is C5H9NO3. The lowest BCUT2D eigenvalue weighted by molar-refractivity contribution is -0.130. The largest absolute Gasteiger partial charge is 0.396 e. The van der Waals surface area contributed by atoms with E-state index >= 15 is 0 Å². The summed E-state index contributed by atoms with van der Waals surface area (Å²) >= 11 is 0. The molecule has 4 heteroatoms. The molecule has 0 atom stereocenters. The van der Waals surface area contributed by atoms with Gasteiger partial charge in [-0.15, -0.1) is 0 Å². The molecule has 0 aromatic rings. The van der Waals surface area contributed by atoms with Gasteiger partial charge in [-0.3, -0.25) is 0 Å². The van der Waals surface area contributed by atoms with Crippen LogP contribution in [0.3, 0.4) is 0 Å². The van der Waals surface area contributed by atoms with E-state index in [1.54, 1.807) is 0 Å². The Morgan fingerprint density at radius 2 is 2.33 bits per heavy atom. The predicted molar refractivity (Wildman–Crippen MR) is 31.0 cm³/mol. The van der Waals surface area contributed by atoms with E-state index in [1.807, 2.05) is 0 Å². The van der Waals surface area contributed by atoms with Crippen molar-refractivity contribution >= 4 is 0 Å². The molecule has 0 bridgehead atoms. The number of hydrogen-bond donors (Lipinski definition) is 1. The molecule has 0 spiro atoms. The zero-order valence-electron chi connectivity index (χ0n) is 5.04. The Kier molecular flexibility index (Phi) is 1.78. The summed E-state index contributed by atoms with van der Waals surface area (Å²) in [7, 11) is 0. The van der Waals surface area contributed by atoms with Crippen molar-refractivity contribution in [2.45, 2.75) is 0 Å². The van der Waals surface area contributed by atoms with Gasteiger partial charge in [-0.25, -0.2) is 0 Å². The molecule has 0 saturated carbocycles. The van der Waals surface area contributed by atoms with Crippen LogP contribution in [0.4, 0.5) is 0 Å². The van der Waals surface area contributed by atoms with Gasteiger partial charge in [0, 0.05) is 0 Å². The van der Waals surface area contributed by atoms with Crippen molar-refractivity contribution < 1.29 is 9.84 Å². The number of nitroso groups, excluding NO2 is 1. The highest BCUT2D eigenvalue weighted by Gasteiger charge is 2.38. The van der Waals surface area contributed by atoms with Crippen LogP contribution < -0.4 is 0 Å². The molecule has 1 N–H and O–H groups in total. The first kappa shape index (κ1) is 6.64. The molecule has 4 nitrogen and oxygen atoms in total. The lowest BCUT2D eigenvalue weighted by Gasteiger charge is -2.37. The van der Waals surface area contributed by atoms with E-state index in [4.69, 9.17) is 9.84 Å². The molecule has 0 aromatic carbocycles. The Balaban J connectivity index is 2.36. The van der Waals surface area contributed by atoms with Crippen molar-refractivity contribution in [2.75, 3.05) is 26.4 Å². The smallest absolute Gasteiger partial charge is 0.0933 e. The molecule has 0 unspecified atom stereocenters. The summed E-state index contributed by atoms with van der Waals surface area (Å²) in [6.45, 7) is 1.10. The summed E-state index contributed by atoms with van der Waals surface area (Å²) in [5, 5.41) is 11.4. The number of rotatable bonds is 3. The van der Waals surface area contributed by atoms with Crippen LogP contribution in [0.1, 0.15) is 0 Å². The second kappa shape index (κ2) is 2.41. The van der Waals surface area contributed by atoms with E-state index in [-0.39, 0.29) is 18.6 Å². The average Bonchev–Trinajstić information content (AvgIpc) is 1.79. The molecule has 52 valence electrons. The predicted octanol–water partition coefficient (Wildman–Crippen LogP) is -0.238. The number of aliphatic hydroxyl groups excluding tert-OH is 1. The van der Waals surface area contributed by atoms with Crippen LogP contribution in [0.15, 0.2) is 5.18 Å². The average molecular weight is 131 g/mol. The van der Waals surface area contributed by atoms with Gasteiger partial charge in [0.1, 0.15) is 0 Å². The minimum atomic E-state index is -0.332. The fourth-order valence-electron chi connectivity index (χ4n) is 0.760. The molecule has 1 heterocycles. The number of aliphatic hydroxyl groups is 1. The van der Waals surface area contributed by atoms with Gasteiger partial charge in [0.05, 0.1) is 31.8 Å². The molecule has 1 aliphatic heterocycles. The monoisotopic (exact) mass is 131 g/mol. The van der Waals surface area contributed by atoms with Crippen molar-refractivity contribution in [1.29, 1.82) is 0 Å². The SMILES string of the molecule is O=NCC1(CO)COC1. The molecule has 0 aromatic heterocycles. The van der Waals surface area contributed by atoms with Crippen LogP contribution in [0.2, 0.25) is 0 Å². The van der Waals surface area contributed by atoms with Crippen LogP contribution in [0.25, 0.3) is 0 Å². The van der Waals surface area contributed by atoms with Crippen LogP contribution in [-0.2, 0) is 4.74 Å². The molecule has 1 saturated heterocycles. The van der Waals surface area contributed by atoms with Gasteiger partial charge in [0.2, 0.25) is 0 Å². The molecule has 1 fully saturated rings. The van der Waals surface area contributed by atoms with Crippen molar-refractivity contribution in [2.24, 2.45) is 10.6 Å². The van der Waals surface area contributed by atoms with Crippen molar-refractivity contribution in [1.82, 2.24) is 0 Å². The minimum Gasteiger partial charge on any atom is -0.396 e. The molecule has 0 aliphatic carbocycles. The van der Waals surface area contributed by atoms with Crippen LogP contribution in [-0.4, -0.2) is 31.5 Å². The fourth-order valence-corrected chi connectivity index (χ4v) is 0.760. The Hall–Kier alpha value is -0.480. The Bertz CT molecular complexity index is 105. The van der Waals surface area contributed by atoms with Crippen molar-refractivity contribution in [3.8, 4) is 0 Å². The van der Waals surface area contributed by atoms with Crippen molar-refractivity contribution in [3.05, 3.63) is 4.91 Å². The topological polar surface area (TPSA) is 58.9 Å². The third-order valence-electron chi connectivity index (χ3n) is 1.55. The van der Waals surface area contributed by atoms with E-state index in [1.165, 1.54) is 0 Å². The van der Waals surface area contributed by atoms with Gasteiger partial charge in [-0.05, 0) is 0 Å². The molecule has 9 heavy (non-hydrogen) atoms. The zero-order valence-corrected chi connectivity index (χ0v) is 5.04. The van der Waals surface area contributed by atoms with Crippen LogP contribution in [0, 0.1) is 10.3 Å².